The maximum atomic E-state index is 14.4. The molecule has 4 N–H and O–H groups in total. The summed E-state index contributed by atoms with van der Waals surface area (Å²) >= 11 is 6.06. The number of hydrogen-bond acceptors (Lipinski definition) is 2. The summed E-state index contributed by atoms with van der Waals surface area (Å²) in [6, 6.07) is 6.39. The highest BCUT2D eigenvalue weighted by Crippen LogP contribution is 2.36. The monoisotopic (exact) mass is 374 g/mol. The van der Waals surface area contributed by atoms with Crippen LogP contribution in [0.25, 0.3) is 22.0 Å². The molecule has 0 atom stereocenters. The third-order valence-electron chi connectivity index (χ3n) is 3.79. The molecule has 1 amide bonds. The van der Waals surface area contributed by atoms with E-state index in [0.29, 0.717) is 22.0 Å². The van der Waals surface area contributed by atoms with Crippen molar-refractivity contribution in [1.82, 2.24) is 4.98 Å². The second-order valence-corrected chi connectivity index (χ2v) is 6.04. The number of nitrogens with zero attached hydrogens (tertiary/aromatic N) is 2. The minimum Gasteiger partial charge on any atom is -0.370 e. The number of benzene rings is 2. The van der Waals surface area contributed by atoms with Gasteiger partial charge < -0.3 is 11.5 Å². The van der Waals surface area contributed by atoms with E-state index >= 15 is 0 Å². The van der Waals surface area contributed by atoms with Crippen molar-refractivity contribution in [3.05, 3.63) is 64.3 Å². The fourth-order valence-electron chi connectivity index (χ4n) is 2.76. The molecule has 0 saturated heterocycles. The van der Waals surface area contributed by atoms with Crippen LogP contribution in [0.5, 0.6) is 0 Å². The van der Waals surface area contributed by atoms with E-state index in [1.165, 1.54) is 12.3 Å². The van der Waals surface area contributed by atoms with Gasteiger partial charge in [0.25, 0.3) is 5.91 Å². The molecule has 8 heteroatoms. The topological polar surface area (TPSA) is 94.4 Å². The number of aliphatic imine (C=N–C) groups is 1. The number of pyridine rings is 1. The number of hydrogen-bond donors (Lipinski definition) is 2. The number of aryl methyl sites for hydroxylation is 1. The molecular weight excluding hydrogens is 362 g/mol. The molecule has 26 heavy (non-hydrogen) atoms. The summed E-state index contributed by atoms with van der Waals surface area (Å²) in [7, 11) is 0. The minimum atomic E-state index is -0.818. The van der Waals surface area contributed by atoms with Crippen LogP contribution in [0.2, 0.25) is 5.02 Å². The van der Waals surface area contributed by atoms with Gasteiger partial charge in [0, 0.05) is 28.8 Å². The Balaban J connectivity index is 2.33. The van der Waals surface area contributed by atoms with Gasteiger partial charge in [-0.2, -0.15) is 4.99 Å². The Morgan fingerprint density at radius 3 is 2.58 bits per heavy atom. The van der Waals surface area contributed by atoms with Crippen LogP contribution in [-0.2, 0) is 0 Å². The zero-order valence-electron chi connectivity index (χ0n) is 13.6. The number of aromatic nitrogens is 1. The van der Waals surface area contributed by atoms with E-state index in [2.05, 4.69) is 9.98 Å². The molecule has 0 spiro atoms. The standard InChI is InChI=1S/C18H13ClF2N4O/c1-8-4-9(17(26)25-18(22)23)5-12-11(2-3-24-16(8)12)15-13(19)6-10(20)7-14(15)21/h2-7H,1H3,(H4,22,23,25,26). The van der Waals surface area contributed by atoms with Gasteiger partial charge in [-0.1, -0.05) is 11.6 Å². The molecule has 0 aliphatic rings. The van der Waals surface area contributed by atoms with Crippen molar-refractivity contribution in [3.63, 3.8) is 0 Å². The molecule has 5 nitrogen and oxygen atoms in total. The fourth-order valence-corrected chi connectivity index (χ4v) is 3.05. The SMILES string of the molecule is Cc1cc(C(=O)N=C(N)N)cc2c(-c3c(F)cc(F)cc3Cl)ccnc12. The molecule has 0 radical (unpaired) electrons. The highest BCUT2D eigenvalue weighted by Gasteiger charge is 2.17. The molecule has 1 aromatic heterocycles. The third kappa shape index (κ3) is 3.21. The van der Waals surface area contributed by atoms with E-state index < -0.39 is 17.5 Å². The van der Waals surface area contributed by atoms with Crippen molar-refractivity contribution in [1.29, 1.82) is 0 Å². The molecule has 3 aromatic rings. The Kier molecular flexibility index (Phi) is 4.56. The van der Waals surface area contributed by atoms with Crippen molar-refractivity contribution in [2.24, 2.45) is 16.5 Å². The molecule has 0 saturated carbocycles. The maximum Gasteiger partial charge on any atom is 0.280 e. The summed E-state index contributed by atoms with van der Waals surface area (Å²) < 4.78 is 27.8. The van der Waals surface area contributed by atoms with Crippen LogP contribution >= 0.6 is 11.6 Å². The Hall–Kier alpha value is -3.06. The van der Waals surface area contributed by atoms with E-state index in [1.54, 1.807) is 19.1 Å². The fraction of sp³-hybridized carbons (Fsp3) is 0.0556. The molecule has 0 bridgehead atoms. The average molecular weight is 375 g/mol. The Morgan fingerprint density at radius 2 is 1.92 bits per heavy atom. The number of nitrogens with two attached hydrogens (primary N) is 2. The zero-order chi connectivity index (χ0) is 19.0. The normalized spacial score (nSPS) is 10.8. The number of rotatable bonds is 2. The van der Waals surface area contributed by atoms with E-state index in [1.807, 2.05) is 0 Å². The molecule has 1 heterocycles. The van der Waals surface area contributed by atoms with Crippen LogP contribution in [0.4, 0.5) is 8.78 Å². The van der Waals surface area contributed by atoms with Crippen molar-refractivity contribution in [2.45, 2.75) is 6.92 Å². The first-order chi connectivity index (χ1) is 12.3. The number of halogens is 3. The highest BCUT2D eigenvalue weighted by atomic mass is 35.5. The van der Waals surface area contributed by atoms with Crippen molar-refractivity contribution in [3.8, 4) is 11.1 Å². The van der Waals surface area contributed by atoms with Gasteiger partial charge in [0.2, 0.25) is 0 Å². The number of carbonyl (C=O) groups is 1. The molecule has 0 aliphatic heterocycles. The molecule has 0 fully saturated rings. The summed E-state index contributed by atoms with van der Waals surface area (Å²) in [6.45, 7) is 1.74. The van der Waals surface area contributed by atoms with Gasteiger partial charge in [-0.25, -0.2) is 8.78 Å². The van der Waals surface area contributed by atoms with Crippen LogP contribution in [0.15, 0.2) is 41.5 Å². The second kappa shape index (κ2) is 6.68. The smallest absolute Gasteiger partial charge is 0.280 e. The van der Waals surface area contributed by atoms with Gasteiger partial charge in [0.15, 0.2) is 5.96 Å². The lowest BCUT2D eigenvalue weighted by Gasteiger charge is -2.12. The number of fused-ring (bicyclic) bond motifs is 1. The lowest BCUT2D eigenvalue weighted by molar-refractivity contribution is 0.100. The van der Waals surface area contributed by atoms with E-state index in [9.17, 15) is 13.6 Å². The predicted octanol–water partition coefficient (Wildman–Crippen LogP) is 3.56. The van der Waals surface area contributed by atoms with Gasteiger partial charge in [-0.05, 0) is 42.3 Å². The van der Waals surface area contributed by atoms with E-state index in [0.717, 1.165) is 12.1 Å². The highest BCUT2D eigenvalue weighted by molar-refractivity contribution is 6.33. The summed E-state index contributed by atoms with van der Waals surface area (Å²) in [5.74, 6) is -2.61. The lowest BCUT2D eigenvalue weighted by atomic mass is 9.97. The van der Waals surface area contributed by atoms with Crippen LogP contribution in [0.1, 0.15) is 15.9 Å². The Morgan fingerprint density at radius 1 is 1.19 bits per heavy atom. The predicted molar refractivity (Wildman–Crippen MR) is 97.0 cm³/mol. The molecule has 132 valence electrons. The second-order valence-electron chi connectivity index (χ2n) is 5.63. The van der Waals surface area contributed by atoms with Crippen LogP contribution in [0, 0.1) is 18.6 Å². The van der Waals surface area contributed by atoms with Crippen LogP contribution in [0.3, 0.4) is 0 Å². The quantitative estimate of drug-likeness (QED) is 0.529. The van der Waals surface area contributed by atoms with Gasteiger partial charge in [0.1, 0.15) is 11.6 Å². The van der Waals surface area contributed by atoms with E-state index in [4.69, 9.17) is 23.1 Å². The summed E-state index contributed by atoms with van der Waals surface area (Å²) in [6.07, 6.45) is 1.49. The summed E-state index contributed by atoms with van der Waals surface area (Å²) in [5, 5.41) is 0.377. The third-order valence-corrected chi connectivity index (χ3v) is 4.09. The molecular formula is C18H13ClF2N4O. The molecule has 0 aliphatic carbocycles. The van der Waals surface area contributed by atoms with Crippen LogP contribution < -0.4 is 11.5 Å². The first-order valence-corrected chi connectivity index (χ1v) is 7.84. The first-order valence-electron chi connectivity index (χ1n) is 7.46. The van der Waals surface area contributed by atoms with Crippen LogP contribution in [-0.4, -0.2) is 16.9 Å². The molecule has 2 aromatic carbocycles. The number of guanidine groups is 1. The van der Waals surface area contributed by atoms with Gasteiger partial charge >= 0.3 is 0 Å². The van der Waals surface area contributed by atoms with Crippen molar-refractivity contribution >= 4 is 34.4 Å². The largest absolute Gasteiger partial charge is 0.370 e. The first kappa shape index (κ1) is 17.8. The maximum absolute atomic E-state index is 14.4. The van der Waals surface area contributed by atoms with E-state index in [-0.39, 0.29) is 22.1 Å². The molecule has 0 unspecified atom stereocenters. The molecule has 3 rings (SSSR count). The number of carbonyl (C=O) groups excluding carboxylic acids is 1. The van der Waals surface area contributed by atoms with Gasteiger partial charge in [0.05, 0.1) is 10.5 Å². The van der Waals surface area contributed by atoms with Gasteiger partial charge in [-0.3, -0.25) is 9.78 Å². The Labute approximate surface area is 152 Å². The lowest BCUT2D eigenvalue weighted by Crippen LogP contribution is -2.24. The van der Waals surface area contributed by atoms with Crippen molar-refractivity contribution in [2.75, 3.05) is 0 Å². The minimum absolute atomic E-state index is 0.0197. The zero-order valence-corrected chi connectivity index (χ0v) is 14.3. The number of amides is 1. The summed E-state index contributed by atoms with van der Waals surface area (Å²) in [5.41, 5.74) is 12.3. The Bertz CT molecular complexity index is 1060. The average Bonchev–Trinajstić information content (AvgIpc) is 2.53. The summed E-state index contributed by atoms with van der Waals surface area (Å²) in [4.78, 5) is 19.9. The van der Waals surface area contributed by atoms with Crippen molar-refractivity contribution < 1.29 is 13.6 Å². The van der Waals surface area contributed by atoms with Gasteiger partial charge in [-0.15, -0.1) is 0 Å².